The van der Waals surface area contributed by atoms with Gasteiger partial charge in [-0.05, 0) is 43.5 Å². The lowest BCUT2D eigenvalue weighted by atomic mass is 10.0. The van der Waals surface area contributed by atoms with Crippen LogP contribution in [-0.2, 0) is 6.42 Å². The van der Waals surface area contributed by atoms with Gasteiger partial charge in [-0.15, -0.1) is 6.58 Å². The summed E-state index contributed by atoms with van der Waals surface area (Å²) < 4.78 is 1.49. The van der Waals surface area contributed by atoms with Crippen LogP contribution in [0.15, 0.2) is 67.3 Å². The van der Waals surface area contributed by atoms with E-state index in [1.165, 1.54) is 4.68 Å². The van der Waals surface area contributed by atoms with Gasteiger partial charge in [0.05, 0.1) is 5.69 Å². The van der Waals surface area contributed by atoms with E-state index in [9.17, 15) is 4.79 Å². The molecule has 0 aliphatic carbocycles. The van der Waals surface area contributed by atoms with Crippen LogP contribution in [0.5, 0.6) is 0 Å². The minimum absolute atomic E-state index is 0.106. The fourth-order valence-corrected chi connectivity index (χ4v) is 2.87. The fraction of sp³-hybridized carbons (Fsp3) is 0.143. The number of hydrogen-bond acceptors (Lipinski definition) is 2. The van der Waals surface area contributed by atoms with Gasteiger partial charge in [-0.3, -0.25) is 4.79 Å². The van der Waals surface area contributed by atoms with Crippen LogP contribution in [0.2, 0.25) is 0 Å². The van der Waals surface area contributed by atoms with Crippen LogP contribution < -0.4 is 0 Å². The van der Waals surface area contributed by atoms with E-state index in [-0.39, 0.29) is 5.91 Å². The number of aromatic nitrogens is 2. The Kier molecular flexibility index (Phi) is 4.43. The molecule has 0 radical (unpaired) electrons. The molecule has 0 unspecified atom stereocenters. The summed E-state index contributed by atoms with van der Waals surface area (Å²) in [6.07, 6.45) is 2.55. The van der Waals surface area contributed by atoms with Crippen LogP contribution in [0.1, 0.15) is 27.3 Å². The van der Waals surface area contributed by atoms with Crippen LogP contribution in [0.25, 0.3) is 11.1 Å². The van der Waals surface area contributed by atoms with Crippen LogP contribution in [0.4, 0.5) is 0 Å². The normalized spacial score (nSPS) is 10.6. The van der Waals surface area contributed by atoms with Gasteiger partial charge in [0.25, 0.3) is 5.91 Å². The Morgan fingerprint density at radius 1 is 1.04 bits per heavy atom. The monoisotopic (exact) mass is 316 g/mol. The smallest absolute Gasteiger partial charge is 0.267 e. The number of benzene rings is 2. The van der Waals surface area contributed by atoms with Crippen molar-refractivity contribution in [3.8, 4) is 11.1 Å². The third-order valence-electron chi connectivity index (χ3n) is 4.22. The van der Waals surface area contributed by atoms with Crippen LogP contribution >= 0.6 is 0 Å². The van der Waals surface area contributed by atoms with Gasteiger partial charge in [0.2, 0.25) is 0 Å². The molecule has 0 bridgehead atoms. The van der Waals surface area contributed by atoms with Crippen molar-refractivity contribution in [1.29, 1.82) is 0 Å². The third-order valence-corrected chi connectivity index (χ3v) is 4.22. The largest absolute Gasteiger partial charge is 0.278 e. The first-order valence-electron chi connectivity index (χ1n) is 7.98. The number of aryl methyl sites for hydroxylation is 1. The van der Waals surface area contributed by atoms with E-state index in [0.29, 0.717) is 5.56 Å². The molecule has 3 rings (SSSR count). The molecule has 120 valence electrons. The Morgan fingerprint density at radius 3 is 2.29 bits per heavy atom. The molecule has 0 spiro atoms. The van der Waals surface area contributed by atoms with Gasteiger partial charge in [-0.25, -0.2) is 4.68 Å². The minimum Gasteiger partial charge on any atom is -0.267 e. The Bertz CT molecular complexity index is 874. The van der Waals surface area contributed by atoms with Gasteiger partial charge in [0.15, 0.2) is 0 Å². The summed E-state index contributed by atoms with van der Waals surface area (Å²) in [5, 5.41) is 4.41. The lowest BCUT2D eigenvalue weighted by molar-refractivity contribution is 0.0942. The summed E-state index contributed by atoms with van der Waals surface area (Å²) in [5.41, 5.74) is 5.68. The minimum atomic E-state index is -0.106. The second-order valence-electron chi connectivity index (χ2n) is 5.80. The van der Waals surface area contributed by atoms with Gasteiger partial charge in [0.1, 0.15) is 0 Å². The van der Waals surface area contributed by atoms with E-state index in [1.54, 1.807) is 0 Å². The standard InChI is InChI=1S/C21H20N2O/c1-4-8-20-15(2)22-23(16(20)3)21(24)19-13-11-18(12-14-19)17-9-6-5-7-10-17/h4-7,9-14H,1,8H2,2-3H3. The predicted molar refractivity (Wildman–Crippen MR) is 97.2 cm³/mol. The number of hydrogen-bond donors (Lipinski definition) is 0. The van der Waals surface area contributed by atoms with E-state index < -0.39 is 0 Å². The average molecular weight is 316 g/mol. The molecular formula is C21H20N2O. The van der Waals surface area contributed by atoms with Crippen molar-refractivity contribution in [3.05, 3.63) is 89.8 Å². The van der Waals surface area contributed by atoms with Crippen LogP contribution in [0.3, 0.4) is 0 Å². The highest BCUT2D eigenvalue weighted by Gasteiger charge is 2.17. The maximum atomic E-state index is 12.8. The Labute approximate surface area is 142 Å². The van der Waals surface area contributed by atoms with Crippen molar-refractivity contribution in [3.63, 3.8) is 0 Å². The summed E-state index contributed by atoms with van der Waals surface area (Å²) in [5.74, 6) is -0.106. The first-order valence-corrected chi connectivity index (χ1v) is 7.98. The van der Waals surface area contributed by atoms with E-state index in [0.717, 1.165) is 34.5 Å². The highest BCUT2D eigenvalue weighted by molar-refractivity contribution is 5.96. The summed E-state index contributed by atoms with van der Waals surface area (Å²) in [6, 6.07) is 17.8. The maximum absolute atomic E-state index is 12.8. The van der Waals surface area contributed by atoms with Gasteiger partial charge in [-0.1, -0.05) is 48.5 Å². The SMILES string of the molecule is C=CCc1c(C)nn(C(=O)c2ccc(-c3ccccc3)cc2)c1C. The average Bonchev–Trinajstić information content (AvgIpc) is 2.90. The zero-order valence-corrected chi connectivity index (χ0v) is 14.0. The first kappa shape index (κ1) is 15.9. The quantitative estimate of drug-likeness (QED) is 0.660. The highest BCUT2D eigenvalue weighted by atomic mass is 16.2. The summed E-state index contributed by atoms with van der Waals surface area (Å²) in [6.45, 7) is 7.62. The van der Waals surface area contributed by atoms with Crippen molar-refractivity contribution in [1.82, 2.24) is 9.78 Å². The molecule has 0 aliphatic rings. The van der Waals surface area contributed by atoms with E-state index in [1.807, 2.05) is 62.4 Å². The van der Waals surface area contributed by atoms with Gasteiger partial charge in [0, 0.05) is 16.8 Å². The Hall–Kier alpha value is -2.94. The van der Waals surface area contributed by atoms with Crippen LogP contribution in [-0.4, -0.2) is 15.7 Å². The van der Waals surface area contributed by atoms with Crippen molar-refractivity contribution in [2.45, 2.75) is 20.3 Å². The van der Waals surface area contributed by atoms with Gasteiger partial charge < -0.3 is 0 Å². The van der Waals surface area contributed by atoms with Crippen molar-refractivity contribution >= 4 is 5.91 Å². The number of nitrogens with zero attached hydrogens (tertiary/aromatic N) is 2. The fourth-order valence-electron chi connectivity index (χ4n) is 2.87. The Balaban J connectivity index is 1.91. The van der Waals surface area contributed by atoms with Crippen LogP contribution in [0, 0.1) is 13.8 Å². The number of rotatable bonds is 4. The zero-order valence-electron chi connectivity index (χ0n) is 14.0. The number of carbonyl (C=O) groups is 1. The summed E-state index contributed by atoms with van der Waals surface area (Å²) in [7, 11) is 0. The molecule has 1 heterocycles. The molecule has 0 amide bonds. The van der Waals surface area contributed by atoms with Crippen molar-refractivity contribution < 1.29 is 4.79 Å². The molecule has 1 aromatic heterocycles. The molecule has 0 saturated heterocycles. The lowest BCUT2D eigenvalue weighted by Crippen LogP contribution is -2.15. The van der Waals surface area contributed by atoms with E-state index in [2.05, 4.69) is 23.8 Å². The van der Waals surface area contributed by atoms with Gasteiger partial charge >= 0.3 is 0 Å². The zero-order chi connectivity index (χ0) is 17.1. The molecule has 0 aliphatic heterocycles. The van der Waals surface area contributed by atoms with Crippen molar-refractivity contribution in [2.75, 3.05) is 0 Å². The van der Waals surface area contributed by atoms with E-state index >= 15 is 0 Å². The third kappa shape index (κ3) is 2.93. The summed E-state index contributed by atoms with van der Waals surface area (Å²) in [4.78, 5) is 12.8. The second-order valence-corrected chi connectivity index (χ2v) is 5.80. The number of carbonyl (C=O) groups excluding carboxylic acids is 1. The van der Waals surface area contributed by atoms with Gasteiger partial charge in [-0.2, -0.15) is 5.10 Å². The molecule has 3 nitrogen and oxygen atoms in total. The summed E-state index contributed by atoms with van der Waals surface area (Å²) >= 11 is 0. The molecule has 3 heteroatoms. The molecule has 3 aromatic rings. The number of allylic oxidation sites excluding steroid dienone is 1. The molecule has 2 aromatic carbocycles. The van der Waals surface area contributed by atoms with Crippen molar-refractivity contribution in [2.24, 2.45) is 0 Å². The predicted octanol–water partition coefficient (Wildman–Crippen LogP) is 4.58. The maximum Gasteiger partial charge on any atom is 0.278 e. The molecule has 24 heavy (non-hydrogen) atoms. The molecule has 0 N–H and O–H groups in total. The Morgan fingerprint density at radius 2 is 1.67 bits per heavy atom. The van der Waals surface area contributed by atoms with E-state index in [4.69, 9.17) is 0 Å². The highest BCUT2D eigenvalue weighted by Crippen LogP contribution is 2.21. The molecule has 0 atom stereocenters. The molecule has 0 fully saturated rings. The second kappa shape index (κ2) is 6.67. The molecule has 0 saturated carbocycles. The first-order chi connectivity index (χ1) is 11.6. The topological polar surface area (TPSA) is 34.9 Å². The lowest BCUT2D eigenvalue weighted by Gasteiger charge is -2.06. The molecular weight excluding hydrogens is 296 g/mol.